The molecule has 1 heterocycles. The van der Waals surface area contributed by atoms with E-state index in [4.69, 9.17) is 4.74 Å². The van der Waals surface area contributed by atoms with Crippen LogP contribution in [0.25, 0.3) is 0 Å². The zero-order chi connectivity index (χ0) is 12.3. The summed E-state index contributed by atoms with van der Waals surface area (Å²) >= 11 is 0. The second-order valence-electron chi connectivity index (χ2n) is 4.47. The van der Waals surface area contributed by atoms with Gasteiger partial charge in [0, 0.05) is 18.9 Å². The number of hydrogen-bond donors (Lipinski definition) is 1. The highest BCUT2D eigenvalue weighted by molar-refractivity contribution is 5.20. The SMILES string of the molecule is CCNC(c1ccncc1F)C(OC)C1CC1. The Kier molecular flexibility index (Phi) is 4.07. The highest BCUT2D eigenvalue weighted by atomic mass is 19.1. The fourth-order valence-corrected chi connectivity index (χ4v) is 2.29. The van der Waals surface area contributed by atoms with Gasteiger partial charge in [-0.3, -0.25) is 4.98 Å². The van der Waals surface area contributed by atoms with Crippen LogP contribution in [0.3, 0.4) is 0 Å². The fourth-order valence-electron chi connectivity index (χ4n) is 2.29. The van der Waals surface area contributed by atoms with Gasteiger partial charge in [-0.15, -0.1) is 0 Å². The topological polar surface area (TPSA) is 34.2 Å². The monoisotopic (exact) mass is 238 g/mol. The van der Waals surface area contributed by atoms with Crippen molar-refractivity contribution < 1.29 is 9.13 Å². The number of aromatic nitrogens is 1. The van der Waals surface area contributed by atoms with Crippen molar-refractivity contribution in [2.75, 3.05) is 13.7 Å². The van der Waals surface area contributed by atoms with Gasteiger partial charge in [-0.1, -0.05) is 6.92 Å². The van der Waals surface area contributed by atoms with Crippen LogP contribution in [0.1, 0.15) is 31.4 Å². The molecule has 0 amide bonds. The van der Waals surface area contributed by atoms with Crippen molar-refractivity contribution in [3.05, 3.63) is 29.8 Å². The lowest BCUT2D eigenvalue weighted by atomic mass is 9.98. The van der Waals surface area contributed by atoms with Gasteiger partial charge >= 0.3 is 0 Å². The minimum Gasteiger partial charge on any atom is -0.379 e. The lowest BCUT2D eigenvalue weighted by Gasteiger charge is -2.27. The average molecular weight is 238 g/mol. The first kappa shape index (κ1) is 12.5. The van der Waals surface area contributed by atoms with Crippen LogP contribution in [-0.4, -0.2) is 24.7 Å². The lowest BCUT2D eigenvalue weighted by Crippen LogP contribution is -2.35. The number of halogens is 1. The molecule has 1 aliphatic carbocycles. The van der Waals surface area contributed by atoms with Crippen molar-refractivity contribution in [3.63, 3.8) is 0 Å². The lowest BCUT2D eigenvalue weighted by molar-refractivity contribution is 0.0500. The summed E-state index contributed by atoms with van der Waals surface area (Å²) in [6, 6.07) is 1.65. The number of ether oxygens (including phenoxy) is 1. The number of nitrogens with zero attached hydrogens (tertiary/aromatic N) is 1. The largest absolute Gasteiger partial charge is 0.379 e. The van der Waals surface area contributed by atoms with Crippen molar-refractivity contribution >= 4 is 0 Å². The Morgan fingerprint density at radius 2 is 2.35 bits per heavy atom. The normalized spacial score (nSPS) is 19.0. The highest BCUT2D eigenvalue weighted by Crippen LogP contribution is 2.40. The number of nitrogens with one attached hydrogen (secondary N) is 1. The van der Waals surface area contributed by atoms with E-state index in [1.165, 1.54) is 19.0 Å². The van der Waals surface area contributed by atoms with Crippen LogP contribution in [0.2, 0.25) is 0 Å². The molecular weight excluding hydrogens is 219 g/mol. The van der Waals surface area contributed by atoms with Crippen LogP contribution in [0.5, 0.6) is 0 Å². The molecule has 1 fully saturated rings. The zero-order valence-electron chi connectivity index (χ0n) is 10.3. The van der Waals surface area contributed by atoms with Crippen LogP contribution in [0.15, 0.2) is 18.5 Å². The van der Waals surface area contributed by atoms with Crippen LogP contribution in [-0.2, 0) is 4.74 Å². The first-order chi connectivity index (χ1) is 8.27. The van der Waals surface area contributed by atoms with Gasteiger partial charge in [-0.25, -0.2) is 4.39 Å². The molecule has 0 spiro atoms. The van der Waals surface area contributed by atoms with Gasteiger partial charge in [0.2, 0.25) is 0 Å². The Hall–Kier alpha value is -1.00. The van der Waals surface area contributed by atoms with E-state index in [1.807, 2.05) is 6.92 Å². The van der Waals surface area contributed by atoms with Crippen LogP contribution >= 0.6 is 0 Å². The Morgan fingerprint density at radius 1 is 1.59 bits per heavy atom. The second-order valence-corrected chi connectivity index (χ2v) is 4.47. The van der Waals surface area contributed by atoms with E-state index in [-0.39, 0.29) is 18.0 Å². The Balaban J connectivity index is 2.24. The first-order valence-corrected chi connectivity index (χ1v) is 6.13. The molecule has 1 N–H and O–H groups in total. The van der Waals surface area contributed by atoms with Crippen LogP contribution in [0.4, 0.5) is 4.39 Å². The van der Waals surface area contributed by atoms with E-state index < -0.39 is 0 Å². The summed E-state index contributed by atoms with van der Waals surface area (Å²) in [5, 5.41) is 3.32. The molecule has 0 aliphatic heterocycles. The Labute approximate surface area is 101 Å². The Bertz CT molecular complexity index is 368. The maximum atomic E-state index is 13.8. The molecule has 4 heteroatoms. The minimum atomic E-state index is -0.263. The van der Waals surface area contributed by atoms with Crippen molar-refractivity contribution in [2.45, 2.75) is 31.9 Å². The quantitative estimate of drug-likeness (QED) is 0.825. The molecule has 94 valence electrons. The molecule has 0 radical (unpaired) electrons. The molecule has 3 nitrogen and oxygen atoms in total. The third-order valence-corrected chi connectivity index (χ3v) is 3.25. The fraction of sp³-hybridized carbons (Fsp3) is 0.615. The third-order valence-electron chi connectivity index (χ3n) is 3.25. The van der Waals surface area contributed by atoms with Crippen molar-refractivity contribution in [3.8, 4) is 0 Å². The molecule has 2 atom stereocenters. The predicted octanol–water partition coefficient (Wildman–Crippen LogP) is 2.30. The summed E-state index contributed by atoms with van der Waals surface area (Å²) in [7, 11) is 1.70. The maximum Gasteiger partial charge on any atom is 0.146 e. The molecule has 1 aromatic heterocycles. The van der Waals surface area contributed by atoms with Gasteiger partial charge in [0.05, 0.1) is 18.3 Å². The van der Waals surface area contributed by atoms with E-state index >= 15 is 0 Å². The molecule has 17 heavy (non-hydrogen) atoms. The molecular formula is C13H19FN2O. The van der Waals surface area contributed by atoms with Gasteiger partial charge in [0.1, 0.15) is 5.82 Å². The second kappa shape index (κ2) is 5.56. The molecule has 1 saturated carbocycles. The smallest absolute Gasteiger partial charge is 0.146 e. The van der Waals surface area contributed by atoms with E-state index in [0.717, 1.165) is 6.54 Å². The summed E-state index contributed by atoms with van der Waals surface area (Å²) in [4.78, 5) is 3.79. The van der Waals surface area contributed by atoms with Crippen LogP contribution < -0.4 is 5.32 Å². The maximum absolute atomic E-state index is 13.8. The minimum absolute atomic E-state index is 0.0480. The highest BCUT2D eigenvalue weighted by Gasteiger charge is 2.38. The first-order valence-electron chi connectivity index (χ1n) is 6.13. The van der Waals surface area contributed by atoms with E-state index in [9.17, 15) is 4.39 Å². The summed E-state index contributed by atoms with van der Waals surface area (Å²) in [6.07, 6.45) is 5.29. The summed E-state index contributed by atoms with van der Waals surface area (Å²) in [6.45, 7) is 2.81. The Morgan fingerprint density at radius 3 is 2.88 bits per heavy atom. The summed E-state index contributed by atoms with van der Waals surface area (Å²) in [5.41, 5.74) is 0.653. The average Bonchev–Trinajstić information content (AvgIpc) is 3.14. The summed E-state index contributed by atoms with van der Waals surface area (Å²) < 4.78 is 19.3. The molecule has 0 bridgehead atoms. The predicted molar refractivity (Wildman–Crippen MR) is 64.1 cm³/mol. The summed E-state index contributed by atoms with van der Waals surface area (Å²) in [5.74, 6) is 0.290. The molecule has 0 saturated heterocycles. The number of pyridine rings is 1. The molecule has 0 aromatic carbocycles. The molecule has 1 aromatic rings. The number of methoxy groups -OCH3 is 1. The zero-order valence-corrected chi connectivity index (χ0v) is 10.3. The van der Waals surface area contributed by atoms with Crippen molar-refractivity contribution in [2.24, 2.45) is 5.92 Å². The van der Waals surface area contributed by atoms with E-state index in [1.54, 1.807) is 19.4 Å². The van der Waals surface area contributed by atoms with Crippen LogP contribution in [0, 0.1) is 11.7 Å². The third kappa shape index (κ3) is 2.82. The molecule has 2 unspecified atom stereocenters. The standard InChI is InChI=1S/C13H19FN2O/c1-3-16-12(13(17-2)9-4-5-9)10-6-7-15-8-11(10)14/h6-9,12-13,16H,3-5H2,1-2H3. The molecule has 2 rings (SSSR count). The number of hydrogen-bond acceptors (Lipinski definition) is 3. The molecule has 1 aliphatic rings. The van der Waals surface area contributed by atoms with Gasteiger partial charge in [-0.2, -0.15) is 0 Å². The van der Waals surface area contributed by atoms with E-state index in [2.05, 4.69) is 10.3 Å². The van der Waals surface area contributed by atoms with Gasteiger partial charge in [-0.05, 0) is 31.4 Å². The van der Waals surface area contributed by atoms with Gasteiger partial charge < -0.3 is 10.1 Å². The number of rotatable bonds is 6. The van der Waals surface area contributed by atoms with Gasteiger partial charge in [0.25, 0.3) is 0 Å². The van der Waals surface area contributed by atoms with Crippen molar-refractivity contribution in [1.82, 2.24) is 10.3 Å². The van der Waals surface area contributed by atoms with Gasteiger partial charge in [0.15, 0.2) is 0 Å². The van der Waals surface area contributed by atoms with Crippen molar-refractivity contribution in [1.29, 1.82) is 0 Å². The number of likely N-dealkylation sites (N-methyl/N-ethyl adjacent to an activating group) is 1. The van der Waals surface area contributed by atoms with E-state index in [0.29, 0.717) is 11.5 Å².